The van der Waals surface area contributed by atoms with E-state index in [9.17, 15) is 40.9 Å². The lowest BCUT2D eigenvalue weighted by Crippen LogP contribution is -2.81. The van der Waals surface area contributed by atoms with Crippen LogP contribution in [-0.2, 0) is 4.74 Å². The summed E-state index contributed by atoms with van der Waals surface area (Å²) in [6.45, 7) is 3.59. The molecule has 0 amide bonds. The molecule has 2 N–H and O–H groups in total. The molecule has 0 aromatic carbocycles. The van der Waals surface area contributed by atoms with Crippen LogP contribution in [0.4, 0.5) is 30.7 Å². The number of aliphatic hydroxyl groups is 2. The monoisotopic (exact) mass is 394 g/mol. The highest BCUT2D eigenvalue weighted by Crippen LogP contribution is 2.64. The van der Waals surface area contributed by atoms with E-state index in [1.165, 1.54) is 0 Å². The first-order valence-electron chi connectivity index (χ1n) is 8.45. The van der Waals surface area contributed by atoms with Gasteiger partial charge in [0.2, 0.25) is 0 Å². The van der Waals surface area contributed by atoms with Crippen molar-refractivity contribution >= 4 is 0 Å². The second kappa shape index (κ2) is 5.26. The Morgan fingerprint density at radius 2 is 1.42 bits per heavy atom. The molecular weight excluding hydrogens is 373 g/mol. The molecule has 3 nitrogen and oxygen atoms in total. The number of hydrogen-bond donors (Lipinski definition) is 2. The summed E-state index contributed by atoms with van der Waals surface area (Å²) in [6, 6.07) is 0. The largest absolute Gasteiger partial charge is 0.449 e. The molecule has 0 aromatic heterocycles. The molecule has 2 saturated carbocycles. The highest BCUT2D eigenvalue weighted by molar-refractivity contribution is 5.18. The minimum Gasteiger partial charge on any atom is -0.378 e. The fraction of sp³-hybridized carbons (Fsp3) is 1.00. The zero-order chi connectivity index (χ0) is 20.1. The standard InChI is InChI=1S/C16H21F7O3/c1-6-7(2)9-4-8(6)5-10(9)11-13(17,18)12(3,24)14(19,20)15(25,26-11)16(21,22)23/h6-11,24-25H,4-5H2,1-3H3. The maximum absolute atomic E-state index is 14.7. The number of fused-ring (bicyclic) bond motifs is 2. The fourth-order valence-electron chi connectivity index (χ4n) is 5.10. The van der Waals surface area contributed by atoms with Gasteiger partial charge in [0, 0.05) is 0 Å². The molecule has 8 atom stereocenters. The zero-order valence-corrected chi connectivity index (χ0v) is 14.3. The first kappa shape index (κ1) is 20.1. The summed E-state index contributed by atoms with van der Waals surface area (Å²) < 4.78 is 102. The number of hydrogen-bond acceptors (Lipinski definition) is 3. The third kappa shape index (κ3) is 2.12. The van der Waals surface area contributed by atoms with Crippen molar-refractivity contribution in [1.29, 1.82) is 0 Å². The molecule has 10 heteroatoms. The van der Waals surface area contributed by atoms with E-state index < -0.39 is 47.3 Å². The number of alkyl halides is 7. The minimum absolute atomic E-state index is 0.0363. The summed E-state index contributed by atoms with van der Waals surface area (Å²) in [5.74, 6) is -17.2. The van der Waals surface area contributed by atoms with Gasteiger partial charge in [-0.15, -0.1) is 0 Å². The first-order valence-corrected chi connectivity index (χ1v) is 8.45. The molecule has 2 bridgehead atoms. The average molecular weight is 394 g/mol. The van der Waals surface area contributed by atoms with Gasteiger partial charge in [0.1, 0.15) is 6.10 Å². The summed E-state index contributed by atoms with van der Waals surface area (Å²) in [7, 11) is 0. The van der Waals surface area contributed by atoms with Crippen molar-refractivity contribution in [2.45, 2.75) is 69.1 Å². The van der Waals surface area contributed by atoms with Gasteiger partial charge in [-0.1, -0.05) is 13.8 Å². The summed E-state index contributed by atoms with van der Waals surface area (Å²) in [6.07, 6.45) is -8.20. The van der Waals surface area contributed by atoms with Crippen molar-refractivity contribution in [1.82, 2.24) is 0 Å². The molecule has 1 aliphatic heterocycles. The van der Waals surface area contributed by atoms with Crippen molar-refractivity contribution in [3.8, 4) is 0 Å². The Labute approximate surface area is 145 Å². The molecule has 1 heterocycles. The number of halogens is 7. The zero-order valence-electron chi connectivity index (χ0n) is 14.3. The second-order valence-electron chi connectivity index (χ2n) is 8.23. The highest BCUT2D eigenvalue weighted by atomic mass is 19.4. The summed E-state index contributed by atoms with van der Waals surface area (Å²) in [5.41, 5.74) is -4.44. The Balaban J connectivity index is 2.07. The lowest BCUT2D eigenvalue weighted by Gasteiger charge is -2.55. The maximum atomic E-state index is 14.7. The van der Waals surface area contributed by atoms with Crippen molar-refractivity contribution in [3.05, 3.63) is 0 Å². The molecule has 1 saturated heterocycles. The van der Waals surface area contributed by atoms with Gasteiger partial charge in [-0.25, -0.2) is 8.78 Å². The van der Waals surface area contributed by atoms with Gasteiger partial charge in [-0.3, -0.25) is 0 Å². The van der Waals surface area contributed by atoms with Crippen LogP contribution in [0.1, 0.15) is 33.6 Å². The molecule has 0 spiro atoms. The van der Waals surface area contributed by atoms with E-state index in [4.69, 9.17) is 0 Å². The Bertz CT molecular complexity index is 589. The van der Waals surface area contributed by atoms with E-state index in [0.717, 1.165) is 0 Å². The average Bonchev–Trinajstić information content (AvgIpc) is 3.02. The van der Waals surface area contributed by atoms with Crippen LogP contribution >= 0.6 is 0 Å². The lowest BCUT2D eigenvalue weighted by atomic mass is 9.68. The smallest absolute Gasteiger partial charge is 0.378 e. The van der Waals surface area contributed by atoms with Crippen LogP contribution in [0.2, 0.25) is 0 Å². The van der Waals surface area contributed by atoms with Gasteiger partial charge in [-0.05, 0) is 49.4 Å². The van der Waals surface area contributed by atoms with Gasteiger partial charge in [-0.2, -0.15) is 22.0 Å². The molecule has 152 valence electrons. The van der Waals surface area contributed by atoms with Gasteiger partial charge in [0.05, 0.1) is 0 Å². The van der Waals surface area contributed by atoms with E-state index in [1.54, 1.807) is 6.92 Å². The predicted octanol–water partition coefficient (Wildman–Crippen LogP) is 3.59. The SMILES string of the molecule is CC1C2CC(C1C)C(C1OC(O)(C(F)(F)F)C(F)(F)C(C)(O)C1(F)F)C2. The van der Waals surface area contributed by atoms with Crippen molar-refractivity contribution in [3.63, 3.8) is 0 Å². The van der Waals surface area contributed by atoms with E-state index in [2.05, 4.69) is 4.74 Å². The molecule has 0 aromatic rings. The summed E-state index contributed by atoms with van der Waals surface area (Å²) >= 11 is 0. The molecule has 3 fully saturated rings. The number of ether oxygens (including phenoxy) is 1. The second-order valence-corrected chi connectivity index (χ2v) is 8.23. The van der Waals surface area contributed by atoms with Crippen molar-refractivity contribution < 1.29 is 45.7 Å². The van der Waals surface area contributed by atoms with Crippen LogP contribution in [0.15, 0.2) is 0 Å². The van der Waals surface area contributed by atoms with E-state index in [0.29, 0.717) is 6.42 Å². The van der Waals surface area contributed by atoms with Crippen molar-refractivity contribution in [2.75, 3.05) is 0 Å². The van der Waals surface area contributed by atoms with Crippen LogP contribution in [0.3, 0.4) is 0 Å². The Hall–Kier alpha value is -0.610. The normalized spacial score (nSPS) is 53.1. The molecular formula is C16H21F7O3. The summed E-state index contributed by atoms with van der Waals surface area (Å²) in [4.78, 5) is 0. The van der Waals surface area contributed by atoms with Gasteiger partial charge in [0.25, 0.3) is 0 Å². The molecule has 3 rings (SSSR count). The van der Waals surface area contributed by atoms with E-state index in [1.807, 2.05) is 6.92 Å². The fourth-order valence-corrected chi connectivity index (χ4v) is 5.10. The van der Waals surface area contributed by atoms with E-state index in [-0.39, 0.29) is 31.1 Å². The molecule has 26 heavy (non-hydrogen) atoms. The van der Waals surface area contributed by atoms with Crippen LogP contribution in [0, 0.1) is 29.6 Å². The molecule has 0 radical (unpaired) electrons. The van der Waals surface area contributed by atoms with E-state index >= 15 is 0 Å². The highest BCUT2D eigenvalue weighted by Gasteiger charge is 2.87. The quantitative estimate of drug-likeness (QED) is 0.669. The van der Waals surface area contributed by atoms with Crippen molar-refractivity contribution in [2.24, 2.45) is 29.6 Å². The van der Waals surface area contributed by atoms with Crippen LogP contribution in [0.25, 0.3) is 0 Å². The third-order valence-electron chi connectivity index (χ3n) is 7.06. The number of rotatable bonds is 1. The Kier molecular flexibility index (Phi) is 4.07. The predicted molar refractivity (Wildman–Crippen MR) is 74.4 cm³/mol. The lowest BCUT2D eigenvalue weighted by molar-refractivity contribution is -0.518. The first-order chi connectivity index (χ1) is 11.5. The Morgan fingerprint density at radius 3 is 1.85 bits per heavy atom. The molecule has 2 aliphatic carbocycles. The maximum Gasteiger partial charge on any atom is 0.449 e. The van der Waals surface area contributed by atoms with Crippen LogP contribution < -0.4 is 0 Å². The molecule has 3 aliphatic rings. The van der Waals surface area contributed by atoms with Crippen LogP contribution in [0.5, 0.6) is 0 Å². The Morgan fingerprint density at radius 1 is 0.923 bits per heavy atom. The van der Waals surface area contributed by atoms with Crippen LogP contribution in [-0.4, -0.2) is 45.7 Å². The topological polar surface area (TPSA) is 49.7 Å². The third-order valence-corrected chi connectivity index (χ3v) is 7.06. The van der Waals surface area contributed by atoms with Gasteiger partial charge in [0.15, 0.2) is 5.60 Å². The van der Waals surface area contributed by atoms with Gasteiger partial charge >= 0.3 is 23.8 Å². The van der Waals surface area contributed by atoms with Gasteiger partial charge < -0.3 is 14.9 Å². The summed E-state index contributed by atoms with van der Waals surface area (Å²) in [5, 5.41) is 19.4. The molecule has 8 unspecified atom stereocenters. The minimum atomic E-state index is -6.08.